The van der Waals surface area contributed by atoms with Gasteiger partial charge in [0, 0.05) is 25.3 Å². The summed E-state index contributed by atoms with van der Waals surface area (Å²) in [6.45, 7) is 8.25. The first-order valence-electron chi connectivity index (χ1n) is 9.25. The molecule has 3 rings (SSSR count). The Hall–Kier alpha value is -3.30. The Balaban J connectivity index is 1.90. The topological polar surface area (TPSA) is 139 Å². The second-order valence-electron chi connectivity index (χ2n) is 8.27. The van der Waals surface area contributed by atoms with E-state index in [0.29, 0.717) is 24.3 Å². The number of carboxylic acids is 1. The molecule has 4 N–H and O–H groups in total. The Morgan fingerprint density at radius 1 is 1.31 bits per heavy atom. The Morgan fingerprint density at radius 2 is 2.00 bits per heavy atom. The summed E-state index contributed by atoms with van der Waals surface area (Å²) in [6, 6.07) is 1.24. The average Bonchev–Trinajstić information content (AvgIpc) is 3.17. The fourth-order valence-electron chi connectivity index (χ4n) is 3.33. The number of hydrogen-bond donors (Lipinski definition) is 3. The van der Waals surface area contributed by atoms with Gasteiger partial charge < -0.3 is 25.8 Å². The number of fused-ring (bicyclic) bond motifs is 1. The highest BCUT2D eigenvalue weighted by molar-refractivity contribution is 6.03. The first-order valence-corrected chi connectivity index (χ1v) is 9.25. The summed E-state index contributed by atoms with van der Waals surface area (Å²) in [7, 11) is 0. The first kappa shape index (κ1) is 20.4. The minimum absolute atomic E-state index is 0.0389. The van der Waals surface area contributed by atoms with E-state index >= 15 is 0 Å². The Morgan fingerprint density at radius 3 is 2.59 bits per heavy atom. The third-order valence-corrected chi connectivity index (χ3v) is 4.74. The van der Waals surface area contributed by atoms with Crippen LogP contribution in [-0.4, -0.2) is 62.3 Å². The highest BCUT2D eigenvalue weighted by Gasteiger charge is 2.35. The van der Waals surface area contributed by atoms with Gasteiger partial charge in [0.25, 0.3) is 5.91 Å². The van der Waals surface area contributed by atoms with E-state index in [9.17, 15) is 19.5 Å². The molecular formula is C19H25N5O5. The van der Waals surface area contributed by atoms with E-state index in [4.69, 9.17) is 10.5 Å². The second-order valence-corrected chi connectivity index (χ2v) is 8.27. The zero-order valence-corrected chi connectivity index (χ0v) is 16.8. The van der Waals surface area contributed by atoms with E-state index in [-0.39, 0.29) is 23.1 Å². The maximum absolute atomic E-state index is 12.4. The molecule has 0 spiro atoms. The minimum Gasteiger partial charge on any atom is -0.478 e. The van der Waals surface area contributed by atoms with E-state index in [1.807, 2.05) is 6.92 Å². The number of aromatic nitrogens is 2. The molecule has 0 aliphatic carbocycles. The van der Waals surface area contributed by atoms with E-state index in [1.165, 1.54) is 23.0 Å². The van der Waals surface area contributed by atoms with Crippen molar-refractivity contribution in [2.75, 3.05) is 18.4 Å². The van der Waals surface area contributed by atoms with Crippen molar-refractivity contribution in [1.82, 2.24) is 14.5 Å². The highest BCUT2D eigenvalue weighted by atomic mass is 16.6. The number of ether oxygens (including phenoxy) is 1. The van der Waals surface area contributed by atoms with Crippen LogP contribution in [0.5, 0.6) is 0 Å². The highest BCUT2D eigenvalue weighted by Crippen LogP contribution is 2.28. The number of hydrogen-bond acceptors (Lipinski definition) is 6. The molecule has 0 aromatic carbocycles. The normalized spacial score (nSPS) is 19.4. The van der Waals surface area contributed by atoms with Crippen LogP contribution in [0.2, 0.25) is 0 Å². The fraction of sp³-hybridized carbons (Fsp3) is 0.474. The van der Waals surface area contributed by atoms with Crippen molar-refractivity contribution in [3.63, 3.8) is 0 Å². The average molecular weight is 403 g/mol. The molecule has 0 bridgehead atoms. The van der Waals surface area contributed by atoms with Crippen LogP contribution in [0, 0.1) is 5.92 Å². The van der Waals surface area contributed by atoms with Crippen molar-refractivity contribution in [3.05, 3.63) is 29.6 Å². The zero-order chi connectivity index (χ0) is 21.5. The van der Waals surface area contributed by atoms with Gasteiger partial charge in [0.15, 0.2) is 0 Å². The molecule has 2 unspecified atom stereocenters. The van der Waals surface area contributed by atoms with E-state index in [1.54, 1.807) is 25.7 Å². The second kappa shape index (κ2) is 7.26. The monoisotopic (exact) mass is 403 g/mol. The summed E-state index contributed by atoms with van der Waals surface area (Å²) in [4.78, 5) is 37.2. The third kappa shape index (κ3) is 4.25. The molecule has 1 aliphatic rings. The lowest BCUT2D eigenvalue weighted by Gasteiger charge is -2.24. The lowest BCUT2D eigenvalue weighted by molar-refractivity contribution is 0.0288. The molecule has 1 saturated heterocycles. The number of carboxylic acid groups (broad SMARTS) is 1. The molecule has 2 aromatic heterocycles. The van der Waals surface area contributed by atoms with Gasteiger partial charge in [-0.05, 0) is 32.8 Å². The maximum Gasteiger partial charge on any atom is 0.410 e. The quantitative estimate of drug-likeness (QED) is 0.707. The number of anilines is 1. The van der Waals surface area contributed by atoms with Crippen LogP contribution in [0.15, 0.2) is 18.5 Å². The van der Waals surface area contributed by atoms with Crippen molar-refractivity contribution >= 4 is 29.2 Å². The number of rotatable bonds is 4. The van der Waals surface area contributed by atoms with Crippen molar-refractivity contribution in [2.45, 2.75) is 39.3 Å². The summed E-state index contributed by atoms with van der Waals surface area (Å²) in [5.74, 6) is -1.73. The molecule has 0 radical (unpaired) electrons. The molecule has 10 heteroatoms. The van der Waals surface area contributed by atoms with Gasteiger partial charge >= 0.3 is 12.1 Å². The number of carbonyl (C=O) groups excluding carboxylic acids is 2. The molecule has 1 aliphatic heterocycles. The number of nitrogens with zero attached hydrogens (tertiary/aromatic N) is 3. The first-order chi connectivity index (χ1) is 13.5. The van der Waals surface area contributed by atoms with Gasteiger partial charge in [-0.2, -0.15) is 5.10 Å². The van der Waals surface area contributed by atoms with Crippen LogP contribution < -0.4 is 11.1 Å². The Bertz CT molecular complexity index is 977. The lowest BCUT2D eigenvalue weighted by atomic mass is 10.1. The maximum atomic E-state index is 12.4. The predicted molar refractivity (Wildman–Crippen MR) is 105 cm³/mol. The van der Waals surface area contributed by atoms with E-state index in [0.717, 1.165) is 0 Å². The van der Waals surface area contributed by atoms with Crippen molar-refractivity contribution in [2.24, 2.45) is 11.7 Å². The SMILES string of the molecule is CC1CN(C(=O)OC(C)(C)C)CC1Nc1c(C(N)=O)cnn2cc(C(=O)O)cc12. The van der Waals surface area contributed by atoms with Gasteiger partial charge in [-0.3, -0.25) is 4.79 Å². The van der Waals surface area contributed by atoms with Gasteiger partial charge in [0.05, 0.1) is 28.5 Å². The smallest absolute Gasteiger partial charge is 0.410 e. The minimum atomic E-state index is -1.10. The van der Waals surface area contributed by atoms with Crippen molar-refractivity contribution in [1.29, 1.82) is 0 Å². The van der Waals surface area contributed by atoms with Crippen LogP contribution >= 0.6 is 0 Å². The van der Waals surface area contributed by atoms with Gasteiger partial charge in [0.2, 0.25) is 0 Å². The number of carbonyl (C=O) groups is 3. The van der Waals surface area contributed by atoms with Gasteiger partial charge in [-0.15, -0.1) is 0 Å². The molecule has 2 aromatic rings. The summed E-state index contributed by atoms with van der Waals surface area (Å²) >= 11 is 0. The van der Waals surface area contributed by atoms with Gasteiger partial charge in [0.1, 0.15) is 5.60 Å². The van der Waals surface area contributed by atoms with Gasteiger partial charge in [-0.1, -0.05) is 6.92 Å². The van der Waals surface area contributed by atoms with E-state index in [2.05, 4.69) is 10.4 Å². The number of amides is 2. The summed E-state index contributed by atoms with van der Waals surface area (Å²) < 4.78 is 6.81. The summed E-state index contributed by atoms with van der Waals surface area (Å²) in [6.07, 6.45) is 2.26. The van der Waals surface area contributed by atoms with Gasteiger partial charge in [-0.25, -0.2) is 14.1 Å². The lowest BCUT2D eigenvalue weighted by Crippen LogP contribution is -2.36. The third-order valence-electron chi connectivity index (χ3n) is 4.74. The molecular weight excluding hydrogens is 378 g/mol. The van der Waals surface area contributed by atoms with Crippen LogP contribution in [0.1, 0.15) is 48.4 Å². The molecule has 1 fully saturated rings. The molecule has 156 valence electrons. The van der Waals surface area contributed by atoms with E-state index < -0.39 is 23.6 Å². The largest absolute Gasteiger partial charge is 0.478 e. The van der Waals surface area contributed by atoms with Crippen LogP contribution in [0.25, 0.3) is 5.52 Å². The summed E-state index contributed by atoms with van der Waals surface area (Å²) in [5.41, 5.74) is 5.90. The van der Waals surface area contributed by atoms with Crippen LogP contribution in [0.4, 0.5) is 10.5 Å². The molecule has 3 heterocycles. The van der Waals surface area contributed by atoms with Crippen molar-refractivity contribution < 1.29 is 24.2 Å². The summed E-state index contributed by atoms with van der Waals surface area (Å²) in [5, 5.41) is 16.6. The number of nitrogens with one attached hydrogen (secondary N) is 1. The Kier molecular flexibility index (Phi) is 5.12. The molecule has 29 heavy (non-hydrogen) atoms. The molecule has 2 atom stereocenters. The molecule has 2 amide bonds. The standard InChI is InChI=1S/C19H25N5O5/c1-10-7-23(18(28)29-19(2,3)4)9-13(10)22-15-12(16(20)25)6-21-24-8-11(17(26)27)5-14(15)24/h5-6,8,10,13,22H,7,9H2,1-4H3,(H2,20,25)(H,26,27). The predicted octanol–water partition coefficient (Wildman–Crippen LogP) is 1.80. The Labute approximate surface area is 167 Å². The molecule has 10 nitrogen and oxygen atoms in total. The zero-order valence-electron chi connectivity index (χ0n) is 16.8. The number of nitrogens with two attached hydrogens (primary N) is 1. The van der Waals surface area contributed by atoms with Crippen molar-refractivity contribution in [3.8, 4) is 0 Å². The number of primary amides is 1. The number of likely N-dealkylation sites (tertiary alicyclic amines) is 1. The fourth-order valence-corrected chi connectivity index (χ4v) is 3.33. The molecule has 0 saturated carbocycles. The van der Waals surface area contributed by atoms with Crippen LogP contribution in [-0.2, 0) is 4.74 Å². The van der Waals surface area contributed by atoms with Crippen LogP contribution in [0.3, 0.4) is 0 Å². The number of aromatic carboxylic acids is 1.